The molecule has 3 radical (unpaired) electrons. The summed E-state index contributed by atoms with van der Waals surface area (Å²) in [5.41, 5.74) is 0.542. The predicted molar refractivity (Wildman–Crippen MR) is 46.8 cm³/mol. The van der Waals surface area contributed by atoms with E-state index in [-0.39, 0.29) is 8.41 Å². The quantitative estimate of drug-likeness (QED) is 0.438. The lowest BCUT2D eigenvalue weighted by Crippen LogP contribution is -2.00. The zero-order valence-corrected chi connectivity index (χ0v) is 7.78. The van der Waals surface area contributed by atoms with Gasteiger partial charge in [-0.1, -0.05) is 48.0 Å². The molecule has 0 aromatic rings. The van der Waals surface area contributed by atoms with Gasteiger partial charge in [0, 0.05) is 8.41 Å². The van der Waals surface area contributed by atoms with Crippen LogP contribution in [0, 0.1) is 5.41 Å². The predicted octanol–water partition coefficient (Wildman–Crippen LogP) is 3.09. The molecule has 9 heavy (non-hydrogen) atoms. The Bertz CT molecular complexity index is 34.3. The summed E-state index contributed by atoms with van der Waals surface area (Å²) < 4.78 is 0. The van der Waals surface area contributed by atoms with E-state index in [0.717, 1.165) is 0 Å². The fourth-order valence-corrected chi connectivity index (χ4v) is 0. The van der Waals surface area contributed by atoms with E-state index in [0.29, 0.717) is 5.41 Å². The Morgan fingerprint density at radius 3 is 1.11 bits per heavy atom. The summed E-state index contributed by atoms with van der Waals surface area (Å²) in [6.07, 6.45) is 1.27. The molecule has 0 aliphatic heterocycles. The molecular weight excluding hydrogens is 107 g/mol. The van der Waals surface area contributed by atoms with Crippen LogP contribution in [-0.2, 0) is 0 Å². The minimum atomic E-state index is 0. The van der Waals surface area contributed by atoms with Gasteiger partial charge in [-0.2, -0.15) is 0 Å². The molecule has 55 valence electrons. The van der Waals surface area contributed by atoms with Crippen LogP contribution in [0.3, 0.4) is 0 Å². The Labute approximate surface area is 62.6 Å². The van der Waals surface area contributed by atoms with E-state index in [1.54, 1.807) is 0 Å². The van der Waals surface area contributed by atoms with Gasteiger partial charge in [0.15, 0.2) is 0 Å². The molecule has 1 heteroatoms. The van der Waals surface area contributed by atoms with Crippen molar-refractivity contribution >= 4 is 8.41 Å². The molecule has 0 aliphatic rings. The standard InChI is InChI=1S/C6H14.C2H6.B/c1-5-6(2,3)4;1-2;/h5H2,1-4H3;1-2H3;. The lowest BCUT2D eigenvalue weighted by molar-refractivity contribution is 0.398. The van der Waals surface area contributed by atoms with E-state index in [9.17, 15) is 0 Å². The molecule has 0 atom stereocenters. The average molecular weight is 127 g/mol. The molecule has 0 amide bonds. The Balaban J connectivity index is -0.000000109. The molecule has 0 heterocycles. The van der Waals surface area contributed by atoms with Gasteiger partial charge in [-0.25, -0.2) is 0 Å². The van der Waals surface area contributed by atoms with Crippen molar-refractivity contribution in [2.45, 2.75) is 48.0 Å². The largest absolute Gasteiger partial charge is 0.0683 e. The molecule has 0 saturated heterocycles. The molecule has 0 spiro atoms. The molecule has 0 aromatic heterocycles. The second-order valence-electron chi connectivity index (χ2n) is 2.91. The van der Waals surface area contributed by atoms with Crippen molar-refractivity contribution in [1.29, 1.82) is 0 Å². The van der Waals surface area contributed by atoms with Crippen molar-refractivity contribution in [1.82, 2.24) is 0 Å². The first-order valence-electron chi connectivity index (χ1n) is 3.56. The summed E-state index contributed by atoms with van der Waals surface area (Å²) in [6.45, 7) is 12.9. The maximum atomic E-state index is 2.24. The maximum absolute atomic E-state index is 2.24. The van der Waals surface area contributed by atoms with Crippen LogP contribution < -0.4 is 0 Å². The normalized spacial score (nSPS) is 8.67. The Morgan fingerprint density at radius 2 is 1.11 bits per heavy atom. The average Bonchev–Trinajstić information content (AvgIpc) is 1.71. The van der Waals surface area contributed by atoms with Gasteiger partial charge in [0.25, 0.3) is 0 Å². The molecular formula is C8H20B. The van der Waals surface area contributed by atoms with Crippen molar-refractivity contribution in [2.24, 2.45) is 5.41 Å². The van der Waals surface area contributed by atoms with E-state index in [1.807, 2.05) is 13.8 Å². The second-order valence-corrected chi connectivity index (χ2v) is 2.91. The van der Waals surface area contributed by atoms with Gasteiger partial charge < -0.3 is 0 Å². The molecule has 0 N–H and O–H groups in total. The summed E-state index contributed by atoms with van der Waals surface area (Å²) in [6, 6.07) is 0. The number of hydrogen-bond acceptors (Lipinski definition) is 0. The second kappa shape index (κ2) is 8.06. The zero-order valence-electron chi connectivity index (χ0n) is 7.78. The Morgan fingerprint density at radius 1 is 1.00 bits per heavy atom. The molecule has 0 aliphatic carbocycles. The summed E-state index contributed by atoms with van der Waals surface area (Å²) in [7, 11) is 0. The van der Waals surface area contributed by atoms with Crippen LogP contribution in [0.15, 0.2) is 0 Å². The lowest BCUT2D eigenvalue weighted by atomic mass is 9.94. The first kappa shape index (κ1) is 16.0. The van der Waals surface area contributed by atoms with Crippen LogP contribution in [0.25, 0.3) is 0 Å². The summed E-state index contributed by atoms with van der Waals surface area (Å²) in [5.74, 6) is 0. The highest BCUT2D eigenvalue weighted by atomic mass is 14.1. The van der Waals surface area contributed by atoms with Crippen molar-refractivity contribution in [3.8, 4) is 0 Å². The number of hydrogen-bond donors (Lipinski definition) is 0. The summed E-state index contributed by atoms with van der Waals surface area (Å²) >= 11 is 0. The highest BCUT2D eigenvalue weighted by molar-refractivity contribution is 5.75. The van der Waals surface area contributed by atoms with Crippen molar-refractivity contribution in [2.75, 3.05) is 0 Å². The molecule has 0 saturated carbocycles. The van der Waals surface area contributed by atoms with Crippen LogP contribution >= 0.6 is 0 Å². The fourth-order valence-electron chi connectivity index (χ4n) is 0. The molecule has 0 aromatic carbocycles. The third kappa shape index (κ3) is 31.6. The fraction of sp³-hybridized carbons (Fsp3) is 1.00. The number of rotatable bonds is 0. The van der Waals surface area contributed by atoms with E-state index in [4.69, 9.17) is 0 Å². The van der Waals surface area contributed by atoms with Crippen LogP contribution in [0.4, 0.5) is 0 Å². The van der Waals surface area contributed by atoms with Crippen molar-refractivity contribution in [3.63, 3.8) is 0 Å². The minimum Gasteiger partial charge on any atom is -0.0683 e. The van der Waals surface area contributed by atoms with E-state index in [2.05, 4.69) is 27.7 Å². The summed E-state index contributed by atoms with van der Waals surface area (Å²) in [5, 5.41) is 0. The summed E-state index contributed by atoms with van der Waals surface area (Å²) in [4.78, 5) is 0. The van der Waals surface area contributed by atoms with Crippen LogP contribution in [-0.4, -0.2) is 8.41 Å². The van der Waals surface area contributed by atoms with Crippen LogP contribution in [0.5, 0.6) is 0 Å². The molecule has 0 rings (SSSR count). The van der Waals surface area contributed by atoms with Gasteiger partial charge in [0.2, 0.25) is 0 Å². The molecule has 0 nitrogen and oxygen atoms in total. The highest BCUT2D eigenvalue weighted by Crippen LogP contribution is 2.16. The molecule has 0 fully saturated rings. The molecule has 0 bridgehead atoms. The highest BCUT2D eigenvalue weighted by Gasteiger charge is 2.03. The monoisotopic (exact) mass is 127 g/mol. The Kier molecular flexibility index (Phi) is 14.4. The van der Waals surface area contributed by atoms with Gasteiger partial charge in [0.05, 0.1) is 0 Å². The van der Waals surface area contributed by atoms with E-state index < -0.39 is 0 Å². The van der Waals surface area contributed by atoms with E-state index in [1.165, 1.54) is 6.42 Å². The van der Waals surface area contributed by atoms with Crippen LogP contribution in [0.1, 0.15) is 48.0 Å². The lowest BCUT2D eigenvalue weighted by Gasteiger charge is -2.12. The smallest absolute Gasteiger partial charge is 0 e. The zero-order chi connectivity index (χ0) is 7.21. The van der Waals surface area contributed by atoms with Crippen molar-refractivity contribution in [3.05, 3.63) is 0 Å². The van der Waals surface area contributed by atoms with Gasteiger partial charge in [-0.15, -0.1) is 0 Å². The van der Waals surface area contributed by atoms with Gasteiger partial charge >= 0.3 is 0 Å². The first-order valence-corrected chi connectivity index (χ1v) is 3.56. The topological polar surface area (TPSA) is 0 Å². The van der Waals surface area contributed by atoms with Gasteiger partial charge in [-0.05, 0) is 5.41 Å². The molecule has 0 unspecified atom stereocenters. The first-order chi connectivity index (χ1) is 3.56. The third-order valence-electron chi connectivity index (χ3n) is 1.06. The van der Waals surface area contributed by atoms with Crippen molar-refractivity contribution < 1.29 is 0 Å². The van der Waals surface area contributed by atoms with E-state index >= 15 is 0 Å². The van der Waals surface area contributed by atoms with Gasteiger partial charge in [0.1, 0.15) is 0 Å². The van der Waals surface area contributed by atoms with Crippen LogP contribution in [0.2, 0.25) is 0 Å². The minimum absolute atomic E-state index is 0. The Hall–Kier alpha value is 0.0649. The van der Waals surface area contributed by atoms with Gasteiger partial charge in [-0.3, -0.25) is 0 Å². The third-order valence-corrected chi connectivity index (χ3v) is 1.06. The maximum Gasteiger partial charge on any atom is 0 e. The SMILES string of the molecule is CC.CCC(C)(C)C.[B].